The molecule has 0 spiro atoms. The average Bonchev–Trinajstić information content (AvgIpc) is 2.97. The molecule has 0 saturated carbocycles. The zero-order valence-electron chi connectivity index (χ0n) is 25.4. The number of phenols is 1. The molecule has 3 aromatic heterocycles. The Morgan fingerprint density at radius 3 is 2.47 bits per heavy atom. The maximum atomic E-state index is 15.1. The molecule has 4 aromatic rings. The summed E-state index contributed by atoms with van der Waals surface area (Å²) in [6, 6.07) is 6.24. The Balaban J connectivity index is 1.86. The smallest absolute Gasteiger partial charge is 0.397 e. The highest BCUT2D eigenvalue weighted by Gasteiger charge is 2.41. The molecule has 1 N–H and O–H groups in total. The molecule has 1 aliphatic heterocycles. The van der Waals surface area contributed by atoms with Gasteiger partial charge >= 0.3 is 11.9 Å². The zero-order valence-corrected chi connectivity index (χ0v) is 25.4. The number of anilines is 1. The Morgan fingerprint density at radius 1 is 1.11 bits per heavy atom. The number of amides is 1. The molecule has 1 unspecified atom stereocenters. The fourth-order valence-corrected chi connectivity index (χ4v) is 5.83. The molecule has 1 fully saturated rings. The van der Waals surface area contributed by atoms with E-state index in [1.165, 1.54) is 30.5 Å². The van der Waals surface area contributed by atoms with Gasteiger partial charge in [0, 0.05) is 31.4 Å². The van der Waals surface area contributed by atoms with Crippen molar-refractivity contribution in [1.29, 1.82) is 0 Å². The quantitative estimate of drug-likeness (QED) is 0.228. The number of alkyl halides is 3. The summed E-state index contributed by atoms with van der Waals surface area (Å²) in [5.74, 6) is -3.26. The number of aromatic hydroxyl groups is 1. The van der Waals surface area contributed by atoms with Crippen molar-refractivity contribution < 1.29 is 27.5 Å². The maximum absolute atomic E-state index is 15.1. The highest BCUT2D eigenvalue weighted by Crippen LogP contribution is 2.40. The van der Waals surface area contributed by atoms with E-state index in [1.807, 2.05) is 18.7 Å². The number of nitrogens with zero attached hydrogens (tertiary/aromatic N) is 6. The number of piperazine rings is 1. The molecule has 3 atom stereocenters. The van der Waals surface area contributed by atoms with Crippen molar-refractivity contribution in [3.05, 3.63) is 82.3 Å². The highest BCUT2D eigenvalue weighted by molar-refractivity contribution is 5.92. The lowest BCUT2D eigenvalue weighted by Crippen LogP contribution is -2.58. The molecule has 1 aromatic carbocycles. The SMILES string of the molecule is C=CC(=O)N1C[C@H](C)N(c2nc(=O)n(-c3c(C)ccnc3C(C)C(F)(F)F)c3nc(-c4c(O)cccc4F)c(C)cc23)C[C@H]1C. The summed E-state index contributed by atoms with van der Waals surface area (Å²) in [7, 11) is 0. The number of aromatic nitrogens is 4. The van der Waals surface area contributed by atoms with Gasteiger partial charge in [0.25, 0.3) is 0 Å². The molecule has 0 aliphatic carbocycles. The van der Waals surface area contributed by atoms with Gasteiger partial charge in [0.1, 0.15) is 17.4 Å². The molecule has 9 nitrogen and oxygen atoms in total. The fourth-order valence-electron chi connectivity index (χ4n) is 5.83. The van der Waals surface area contributed by atoms with E-state index in [2.05, 4.69) is 21.5 Å². The molecule has 1 aliphatic rings. The minimum absolute atomic E-state index is 0.00169. The van der Waals surface area contributed by atoms with Gasteiger partial charge < -0.3 is 14.9 Å². The summed E-state index contributed by atoms with van der Waals surface area (Å²) in [5, 5.41) is 10.9. The average molecular weight is 625 g/mol. The van der Waals surface area contributed by atoms with E-state index in [1.54, 1.807) is 24.8 Å². The van der Waals surface area contributed by atoms with E-state index < -0.39 is 35.0 Å². The number of benzene rings is 1. The van der Waals surface area contributed by atoms with Crippen molar-refractivity contribution in [2.75, 3.05) is 18.0 Å². The number of hydrogen-bond donors (Lipinski definition) is 1. The third-order valence-electron chi connectivity index (χ3n) is 8.26. The first-order valence-electron chi connectivity index (χ1n) is 14.3. The molecule has 236 valence electrons. The van der Waals surface area contributed by atoms with Gasteiger partial charge in [-0.1, -0.05) is 12.6 Å². The van der Waals surface area contributed by atoms with Crippen LogP contribution in [-0.4, -0.2) is 66.8 Å². The van der Waals surface area contributed by atoms with Gasteiger partial charge in [-0.05, 0) is 76.1 Å². The molecule has 45 heavy (non-hydrogen) atoms. The van der Waals surface area contributed by atoms with Crippen LogP contribution in [0.1, 0.15) is 43.5 Å². The van der Waals surface area contributed by atoms with Crippen LogP contribution in [0.5, 0.6) is 5.75 Å². The van der Waals surface area contributed by atoms with Crippen LogP contribution in [0.25, 0.3) is 28.0 Å². The number of rotatable bonds is 5. The van der Waals surface area contributed by atoms with Crippen molar-refractivity contribution in [2.45, 2.75) is 58.8 Å². The highest BCUT2D eigenvalue weighted by atomic mass is 19.4. The van der Waals surface area contributed by atoms with Gasteiger partial charge in [-0.25, -0.2) is 18.7 Å². The van der Waals surface area contributed by atoms with Crippen LogP contribution in [0.3, 0.4) is 0 Å². The van der Waals surface area contributed by atoms with E-state index in [0.29, 0.717) is 23.1 Å². The van der Waals surface area contributed by atoms with E-state index in [0.717, 1.165) is 17.6 Å². The Morgan fingerprint density at radius 2 is 1.82 bits per heavy atom. The van der Waals surface area contributed by atoms with Crippen LogP contribution in [0.4, 0.5) is 23.4 Å². The second-order valence-corrected chi connectivity index (χ2v) is 11.4. The van der Waals surface area contributed by atoms with Crippen LogP contribution >= 0.6 is 0 Å². The van der Waals surface area contributed by atoms with Gasteiger partial charge in [-0.2, -0.15) is 18.2 Å². The van der Waals surface area contributed by atoms with Gasteiger partial charge in [0.2, 0.25) is 5.91 Å². The minimum atomic E-state index is -4.68. The second-order valence-electron chi connectivity index (χ2n) is 11.4. The lowest BCUT2D eigenvalue weighted by molar-refractivity contribution is -0.147. The van der Waals surface area contributed by atoms with Gasteiger partial charge in [0.15, 0.2) is 5.65 Å². The summed E-state index contributed by atoms with van der Waals surface area (Å²) in [6.45, 7) is 12.0. The maximum Gasteiger partial charge on any atom is 0.397 e. The molecular weight excluding hydrogens is 592 g/mol. The van der Waals surface area contributed by atoms with Crippen molar-refractivity contribution in [3.63, 3.8) is 0 Å². The summed E-state index contributed by atoms with van der Waals surface area (Å²) < 4.78 is 58.2. The van der Waals surface area contributed by atoms with Gasteiger partial charge in [-0.15, -0.1) is 0 Å². The molecule has 5 rings (SSSR count). The number of aryl methyl sites for hydroxylation is 2. The number of halogens is 4. The largest absolute Gasteiger partial charge is 0.507 e. The van der Waals surface area contributed by atoms with Crippen LogP contribution in [0.15, 0.2) is 54.0 Å². The predicted octanol–water partition coefficient (Wildman–Crippen LogP) is 5.58. The number of hydrogen-bond acceptors (Lipinski definition) is 7. The summed E-state index contributed by atoms with van der Waals surface area (Å²) in [4.78, 5) is 43.1. The first-order chi connectivity index (χ1) is 21.1. The molecular formula is C32H32F4N6O3. The van der Waals surface area contributed by atoms with Crippen LogP contribution in [-0.2, 0) is 4.79 Å². The van der Waals surface area contributed by atoms with E-state index >= 15 is 4.39 Å². The third-order valence-corrected chi connectivity index (χ3v) is 8.26. The fraction of sp³-hybridized carbons (Fsp3) is 0.344. The lowest BCUT2D eigenvalue weighted by atomic mass is 10.0. The first-order valence-corrected chi connectivity index (χ1v) is 14.3. The first kappa shape index (κ1) is 31.6. The van der Waals surface area contributed by atoms with Crippen molar-refractivity contribution >= 4 is 22.8 Å². The molecule has 0 radical (unpaired) electrons. The van der Waals surface area contributed by atoms with E-state index in [-0.39, 0.29) is 52.9 Å². The Kier molecular flexibility index (Phi) is 8.15. The molecule has 1 amide bonds. The van der Waals surface area contributed by atoms with Crippen LogP contribution < -0.4 is 10.6 Å². The number of fused-ring (bicyclic) bond motifs is 1. The molecule has 13 heteroatoms. The van der Waals surface area contributed by atoms with Crippen molar-refractivity contribution in [3.8, 4) is 22.7 Å². The Labute approximate surface area is 256 Å². The Hall–Kier alpha value is -4.81. The molecule has 0 bridgehead atoms. The second kappa shape index (κ2) is 11.6. The van der Waals surface area contributed by atoms with E-state index in [4.69, 9.17) is 0 Å². The van der Waals surface area contributed by atoms with Gasteiger partial charge in [-0.3, -0.25) is 9.78 Å². The number of carbonyl (C=O) groups is 1. The number of pyridine rings is 2. The molecule has 4 heterocycles. The summed E-state index contributed by atoms with van der Waals surface area (Å²) >= 11 is 0. The molecule has 1 saturated heterocycles. The lowest BCUT2D eigenvalue weighted by Gasteiger charge is -2.44. The van der Waals surface area contributed by atoms with Crippen LogP contribution in [0.2, 0.25) is 0 Å². The van der Waals surface area contributed by atoms with E-state index in [9.17, 15) is 27.9 Å². The van der Waals surface area contributed by atoms with Crippen molar-refractivity contribution in [1.82, 2.24) is 24.4 Å². The summed E-state index contributed by atoms with van der Waals surface area (Å²) in [5.41, 5.74) is -1.05. The minimum Gasteiger partial charge on any atom is -0.507 e. The summed E-state index contributed by atoms with van der Waals surface area (Å²) in [6.07, 6.45) is -2.21. The zero-order chi connectivity index (χ0) is 33.0. The number of phenolic OH excluding ortho intramolecular Hbond substituents is 1. The number of carbonyl (C=O) groups excluding carboxylic acids is 1. The normalized spacial score (nSPS) is 17.9. The van der Waals surface area contributed by atoms with Gasteiger partial charge in [0.05, 0.1) is 33.9 Å². The van der Waals surface area contributed by atoms with Crippen LogP contribution in [0, 0.1) is 19.7 Å². The Bertz CT molecular complexity index is 1870. The topological polar surface area (TPSA) is 104 Å². The predicted molar refractivity (Wildman–Crippen MR) is 162 cm³/mol. The van der Waals surface area contributed by atoms with Crippen molar-refractivity contribution in [2.24, 2.45) is 0 Å². The standard InChI is InChI=1S/C32H32F4N6O3/c1-7-24(44)40-14-19(5)41(15-18(40)4)29-21-13-17(3)26(25-22(33)9-8-10-23(25)43)38-30(21)42(31(45)39-29)28-16(2)11-12-37-27(28)20(6)32(34,35)36/h7-13,18-20,43H,1,14-15H2,2-6H3/t18-,19+,20?/m1/s1. The third kappa shape index (κ3) is 5.51. The monoisotopic (exact) mass is 624 g/mol.